The number of benzene rings is 1. The van der Waals surface area contributed by atoms with Crippen LogP contribution in [0.5, 0.6) is 0 Å². The van der Waals surface area contributed by atoms with Gasteiger partial charge >= 0.3 is 0 Å². The van der Waals surface area contributed by atoms with Crippen molar-refractivity contribution in [1.82, 2.24) is 4.72 Å². The van der Waals surface area contributed by atoms with Crippen molar-refractivity contribution in [3.8, 4) is 0 Å². The molecule has 20 heavy (non-hydrogen) atoms. The average Bonchev–Trinajstić information content (AvgIpc) is 2.93. The van der Waals surface area contributed by atoms with E-state index in [-0.39, 0.29) is 4.21 Å². The van der Waals surface area contributed by atoms with Gasteiger partial charge in [0.25, 0.3) is 0 Å². The molecule has 108 valence electrons. The topological polar surface area (TPSA) is 66.4 Å². The van der Waals surface area contributed by atoms with Crippen LogP contribution in [0.3, 0.4) is 0 Å². The summed E-state index contributed by atoms with van der Waals surface area (Å²) in [7, 11) is -3.64. The number of sulfonamides is 1. The van der Waals surface area contributed by atoms with Gasteiger partial charge in [-0.2, -0.15) is 0 Å². The second-order valence-electron chi connectivity index (χ2n) is 4.34. The zero-order valence-electron chi connectivity index (χ0n) is 10.7. The van der Waals surface area contributed by atoms with Gasteiger partial charge in [0, 0.05) is 6.04 Å². The van der Waals surface area contributed by atoms with Gasteiger partial charge in [-0.05, 0) is 36.1 Å². The Hall–Kier alpha value is -1.28. The van der Waals surface area contributed by atoms with Crippen LogP contribution in [0.4, 0.5) is 4.39 Å². The van der Waals surface area contributed by atoms with E-state index < -0.39 is 28.0 Å². The van der Waals surface area contributed by atoms with Crippen molar-refractivity contribution in [2.75, 3.05) is 0 Å². The first kappa shape index (κ1) is 15.1. The monoisotopic (exact) mass is 315 g/mol. The summed E-state index contributed by atoms with van der Waals surface area (Å²) in [6.07, 6.45) is -1.05. The standard InChI is InChI=1S/C13H14FNO3S2/c1-9(13(16)10-4-6-11(14)7-5-10)15-20(17,18)12-3-2-8-19-12/h2-9,13,15-16H,1H3. The van der Waals surface area contributed by atoms with Crippen LogP contribution in [-0.4, -0.2) is 19.6 Å². The minimum atomic E-state index is -3.64. The molecule has 0 radical (unpaired) electrons. The predicted molar refractivity (Wildman–Crippen MR) is 75.5 cm³/mol. The van der Waals surface area contributed by atoms with Crippen LogP contribution in [0.1, 0.15) is 18.6 Å². The smallest absolute Gasteiger partial charge is 0.250 e. The third-order valence-corrected chi connectivity index (χ3v) is 5.74. The summed E-state index contributed by atoms with van der Waals surface area (Å²) >= 11 is 1.10. The van der Waals surface area contributed by atoms with Gasteiger partial charge in [-0.1, -0.05) is 18.2 Å². The molecular formula is C13H14FNO3S2. The highest BCUT2D eigenvalue weighted by atomic mass is 32.2. The molecule has 0 spiro atoms. The molecule has 0 aliphatic heterocycles. The molecule has 0 saturated heterocycles. The predicted octanol–water partition coefficient (Wildman–Crippen LogP) is 2.29. The molecule has 7 heteroatoms. The largest absolute Gasteiger partial charge is 0.387 e. The second kappa shape index (κ2) is 6.01. The van der Waals surface area contributed by atoms with E-state index in [9.17, 15) is 17.9 Å². The maximum absolute atomic E-state index is 12.8. The molecule has 1 heterocycles. The van der Waals surface area contributed by atoms with Crippen molar-refractivity contribution >= 4 is 21.4 Å². The summed E-state index contributed by atoms with van der Waals surface area (Å²) < 4.78 is 39.5. The van der Waals surface area contributed by atoms with Gasteiger partial charge in [-0.3, -0.25) is 0 Å². The van der Waals surface area contributed by atoms with E-state index in [4.69, 9.17) is 0 Å². The lowest BCUT2D eigenvalue weighted by Crippen LogP contribution is -2.36. The Kier molecular flexibility index (Phi) is 4.54. The summed E-state index contributed by atoms with van der Waals surface area (Å²) in [6, 6.07) is 7.70. The first-order valence-electron chi connectivity index (χ1n) is 5.89. The Balaban J connectivity index is 2.12. The maximum Gasteiger partial charge on any atom is 0.250 e. The van der Waals surface area contributed by atoms with Crippen molar-refractivity contribution < 1.29 is 17.9 Å². The molecule has 0 aliphatic carbocycles. The third kappa shape index (κ3) is 3.43. The third-order valence-electron chi connectivity index (χ3n) is 2.79. The van der Waals surface area contributed by atoms with Crippen molar-refractivity contribution in [2.24, 2.45) is 0 Å². The second-order valence-corrected chi connectivity index (χ2v) is 7.23. The minimum absolute atomic E-state index is 0.190. The van der Waals surface area contributed by atoms with Crippen LogP contribution < -0.4 is 4.72 Å². The first-order chi connectivity index (χ1) is 9.40. The highest BCUT2D eigenvalue weighted by Crippen LogP contribution is 2.21. The number of rotatable bonds is 5. The lowest BCUT2D eigenvalue weighted by molar-refractivity contribution is 0.146. The molecule has 2 rings (SSSR count). The van der Waals surface area contributed by atoms with E-state index >= 15 is 0 Å². The molecule has 1 aromatic carbocycles. The number of hydrogen-bond donors (Lipinski definition) is 2. The Labute approximate surface area is 120 Å². The van der Waals surface area contributed by atoms with Crippen LogP contribution in [0.2, 0.25) is 0 Å². The van der Waals surface area contributed by atoms with E-state index in [1.165, 1.54) is 30.3 Å². The fraction of sp³-hybridized carbons (Fsp3) is 0.231. The van der Waals surface area contributed by atoms with Crippen LogP contribution in [-0.2, 0) is 10.0 Å². The molecular weight excluding hydrogens is 301 g/mol. The molecule has 0 amide bonds. The van der Waals surface area contributed by atoms with E-state index in [1.807, 2.05) is 0 Å². The first-order valence-corrected chi connectivity index (χ1v) is 8.26. The molecule has 2 atom stereocenters. The quantitative estimate of drug-likeness (QED) is 0.889. The molecule has 1 aromatic heterocycles. The van der Waals surface area contributed by atoms with E-state index in [0.29, 0.717) is 5.56 Å². The van der Waals surface area contributed by atoms with Crippen molar-refractivity contribution in [2.45, 2.75) is 23.3 Å². The molecule has 2 aromatic rings. The molecule has 0 saturated carbocycles. The summed E-state index contributed by atoms with van der Waals surface area (Å²) in [5.74, 6) is -0.409. The van der Waals surface area contributed by atoms with E-state index in [1.54, 1.807) is 18.4 Å². The molecule has 4 nitrogen and oxygen atoms in total. The number of aliphatic hydroxyl groups is 1. The summed E-state index contributed by atoms with van der Waals surface area (Å²) in [5.41, 5.74) is 0.452. The van der Waals surface area contributed by atoms with Crippen molar-refractivity contribution in [3.63, 3.8) is 0 Å². The van der Waals surface area contributed by atoms with Crippen LogP contribution >= 0.6 is 11.3 Å². The average molecular weight is 315 g/mol. The van der Waals surface area contributed by atoms with Crippen LogP contribution in [0.15, 0.2) is 46.0 Å². The van der Waals surface area contributed by atoms with E-state index in [2.05, 4.69) is 4.72 Å². The van der Waals surface area contributed by atoms with E-state index in [0.717, 1.165) is 11.3 Å². The normalized spacial score (nSPS) is 14.9. The minimum Gasteiger partial charge on any atom is -0.387 e. The highest BCUT2D eigenvalue weighted by Gasteiger charge is 2.24. The molecule has 0 bridgehead atoms. The Morgan fingerprint density at radius 1 is 1.25 bits per heavy atom. The lowest BCUT2D eigenvalue weighted by Gasteiger charge is -2.20. The SMILES string of the molecule is CC(NS(=O)(=O)c1cccs1)C(O)c1ccc(F)cc1. The van der Waals surface area contributed by atoms with Gasteiger partial charge < -0.3 is 5.11 Å². The zero-order chi connectivity index (χ0) is 14.8. The zero-order valence-corrected chi connectivity index (χ0v) is 12.3. The number of nitrogens with one attached hydrogen (secondary N) is 1. The molecule has 2 unspecified atom stereocenters. The number of aliphatic hydroxyl groups excluding tert-OH is 1. The van der Waals surface area contributed by atoms with Crippen molar-refractivity contribution in [3.05, 3.63) is 53.2 Å². The van der Waals surface area contributed by atoms with Crippen LogP contribution in [0.25, 0.3) is 0 Å². The number of hydrogen-bond acceptors (Lipinski definition) is 4. The fourth-order valence-electron chi connectivity index (χ4n) is 1.73. The van der Waals surface area contributed by atoms with Gasteiger partial charge in [-0.25, -0.2) is 17.5 Å². The fourth-order valence-corrected chi connectivity index (χ4v) is 3.99. The lowest BCUT2D eigenvalue weighted by atomic mass is 10.0. The number of thiophene rings is 1. The summed E-state index contributed by atoms with van der Waals surface area (Å²) in [5, 5.41) is 11.8. The maximum atomic E-state index is 12.8. The highest BCUT2D eigenvalue weighted by molar-refractivity contribution is 7.91. The Morgan fingerprint density at radius 3 is 2.45 bits per heavy atom. The van der Waals surface area contributed by atoms with Gasteiger partial charge in [-0.15, -0.1) is 11.3 Å². The summed E-state index contributed by atoms with van der Waals surface area (Å²) in [6.45, 7) is 1.55. The number of halogens is 1. The summed E-state index contributed by atoms with van der Waals surface area (Å²) in [4.78, 5) is 0. The molecule has 0 aliphatic rings. The molecule has 0 fully saturated rings. The van der Waals surface area contributed by atoms with Gasteiger partial charge in [0.1, 0.15) is 10.0 Å². The van der Waals surface area contributed by atoms with Gasteiger partial charge in [0.15, 0.2) is 0 Å². The Morgan fingerprint density at radius 2 is 1.90 bits per heavy atom. The van der Waals surface area contributed by atoms with Crippen LogP contribution in [0, 0.1) is 5.82 Å². The van der Waals surface area contributed by atoms with Crippen molar-refractivity contribution in [1.29, 1.82) is 0 Å². The van der Waals surface area contributed by atoms with Gasteiger partial charge in [0.05, 0.1) is 6.10 Å². The molecule has 2 N–H and O–H groups in total. The Bertz CT molecular complexity index is 653. The van der Waals surface area contributed by atoms with Gasteiger partial charge in [0.2, 0.25) is 10.0 Å².